The number of hydrogen-bond acceptors (Lipinski definition) is 5. The van der Waals surface area contributed by atoms with Crippen LogP contribution in [0.4, 0.5) is 5.00 Å². The maximum atomic E-state index is 13.0. The molecule has 0 radical (unpaired) electrons. The van der Waals surface area contributed by atoms with Crippen LogP contribution in [0.5, 0.6) is 0 Å². The summed E-state index contributed by atoms with van der Waals surface area (Å²) in [5.41, 5.74) is 3.75. The van der Waals surface area contributed by atoms with Gasteiger partial charge in [0.2, 0.25) is 0 Å². The average molecular weight is 484 g/mol. The van der Waals surface area contributed by atoms with Crippen molar-refractivity contribution >= 4 is 33.8 Å². The van der Waals surface area contributed by atoms with Gasteiger partial charge in [0.25, 0.3) is 5.91 Å². The van der Waals surface area contributed by atoms with Gasteiger partial charge in [0, 0.05) is 41.6 Å². The first kappa shape index (κ1) is 22.7. The Hall–Kier alpha value is -2.12. The van der Waals surface area contributed by atoms with Crippen molar-refractivity contribution in [2.24, 2.45) is 0 Å². The van der Waals surface area contributed by atoms with Crippen molar-refractivity contribution in [3.63, 3.8) is 0 Å². The minimum Gasteiger partial charge on any atom is -0.459 e. The molecule has 2 aliphatic rings. The van der Waals surface area contributed by atoms with Crippen LogP contribution < -0.4 is 5.32 Å². The number of benzene rings is 1. The van der Waals surface area contributed by atoms with Crippen LogP contribution in [0.3, 0.4) is 0 Å². The Labute approximate surface area is 204 Å². The van der Waals surface area contributed by atoms with E-state index in [9.17, 15) is 4.79 Å². The third-order valence-electron chi connectivity index (χ3n) is 6.88. The van der Waals surface area contributed by atoms with Crippen LogP contribution in [0.15, 0.2) is 47.1 Å². The fraction of sp³-hybridized carbons (Fsp3) is 0.423. The number of aryl methyl sites for hydroxylation is 1. The van der Waals surface area contributed by atoms with E-state index >= 15 is 0 Å². The van der Waals surface area contributed by atoms with Gasteiger partial charge in [0.05, 0.1) is 12.3 Å². The molecule has 1 saturated heterocycles. The lowest BCUT2D eigenvalue weighted by Gasteiger charge is -2.40. The van der Waals surface area contributed by atoms with Crippen LogP contribution in [0.2, 0.25) is 5.02 Å². The number of fused-ring (bicyclic) bond motifs is 1. The second-order valence-corrected chi connectivity index (χ2v) is 10.3. The van der Waals surface area contributed by atoms with E-state index in [0.29, 0.717) is 5.76 Å². The van der Waals surface area contributed by atoms with Crippen molar-refractivity contribution in [3.05, 3.63) is 75.0 Å². The highest BCUT2D eigenvalue weighted by Crippen LogP contribution is 2.47. The van der Waals surface area contributed by atoms with Crippen molar-refractivity contribution in [1.82, 2.24) is 9.80 Å². The van der Waals surface area contributed by atoms with E-state index in [1.54, 1.807) is 23.5 Å². The number of carbonyl (C=O) groups is 1. The van der Waals surface area contributed by atoms with Gasteiger partial charge in [-0.15, -0.1) is 11.3 Å². The van der Waals surface area contributed by atoms with Crippen molar-refractivity contribution < 1.29 is 9.21 Å². The smallest absolute Gasteiger partial charge is 0.291 e. The summed E-state index contributed by atoms with van der Waals surface area (Å²) < 4.78 is 5.37. The van der Waals surface area contributed by atoms with E-state index in [4.69, 9.17) is 16.0 Å². The first-order chi connectivity index (χ1) is 16.2. The molecule has 1 atom stereocenters. The molecule has 1 unspecified atom stereocenters. The molecule has 0 bridgehead atoms. The molecule has 1 aromatic carbocycles. The van der Waals surface area contributed by atoms with Gasteiger partial charge in [-0.1, -0.05) is 36.7 Å². The van der Waals surface area contributed by atoms with Gasteiger partial charge in [-0.05, 0) is 61.6 Å². The minimum atomic E-state index is -0.200. The van der Waals surface area contributed by atoms with Crippen LogP contribution in [0, 0.1) is 0 Å². The molecular weight excluding hydrogens is 454 g/mol. The second kappa shape index (κ2) is 10.0. The number of carbonyl (C=O) groups excluding carboxylic acids is 1. The lowest BCUT2D eigenvalue weighted by Crippen LogP contribution is -2.47. The Morgan fingerprint density at radius 2 is 1.91 bits per heavy atom. The van der Waals surface area contributed by atoms with E-state index < -0.39 is 0 Å². The number of anilines is 1. The monoisotopic (exact) mass is 483 g/mol. The summed E-state index contributed by atoms with van der Waals surface area (Å²) in [5.74, 6) is 0.131. The third-order valence-corrected chi connectivity index (χ3v) is 8.44. The number of halogens is 1. The molecule has 1 aliphatic heterocycles. The number of thiophene rings is 1. The van der Waals surface area contributed by atoms with E-state index in [1.165, 1.54) is 35.1 Å². The maximum Gasteiger partial charge on any atom is 0.291 e. The number of furan rings is 1. The Balaban J connectivity index is 1.60. The Kier molecular flexibility index (Phi) is 6.88. The number of nitrogens with zero attached hydrogens (tertiary/aromatic N) is 2. The molecule has 0 saturated carbocycles. The SMILES string of the molecule is CCN1CCN(C(c2ccccc2Cl)c2c(NC(=O)c3ccco3)sc3c2CCCC3)CC1. The van der Waals surface area contributed by atoms with Crippen LogP contribution in [-0.4, -0.2) is 48.4 Å². The molecule has 2 aromatic heterocycles. The summed E-state index contributed by atoms with van der Waals surface area (Å²) in [5, 5.41) is 4.92. The normalized spacial score (nSPS) is 18.1. The molecule has 1 N–H and O–H groups in total. The predicted octanol–water partition coefficient (Wildman–Crippen LogP) is 5.85. The summed E-state index contributed by atoms with van der Waals surface area (Å²) >= 11 is 8.53. The van der Waals surface area contributed by atoms with E-state index in [-0.39, 0.29) is 11.9 Å². The van der Waals surface area contributed by atoms with Gasteiger partial charge >= 0.3 is 0 Å². The molecule has 174 valence electrons. The zero-order valence-electron chi connectivity index (χ0n) is 19.0. The third kappa shape index (κ3) is 4.62. The summed E-state index contributed by atoms with van der Waals surface area (Å²) in [6.45, 7) is 7.32. The molecule has 1 amide bonds. The number of rotatable bonds is 6. The van der Waals surface area contributed by atoms with E-state index in [2.05, 4.69) is 34.2 Å². The Morgan fingerprint density at radius 3 is 2.64 bits per heavy atom. The number of likely N-dealkylation sites (N-methyl/N-ethyl adjacent to an activating group) is 1. The molecule has 1 aliphatic carbocycles. The maximum absolute atomic E-state index is 13.0. The minimum absolute atomic E-state index is 0.0164. The molecule has 3 aromatic rings. The van der Waals surface area contributed by atoms with Crippen molar-refractivity contribution in [2.75, 3.05) is 38.0 Å². The summed E-state index contributed by atoms with van der Waals surface area (Å²) in [6, 6.07) is 11.6. The molecular formula is C26H30ClN3O2S. The van der Waals surface area contributed by atoms with Crippen LogP contribution in [0.25, 0.3) is 0 Å². The molecule has 3 heterocycles. The topological polar surface area (TPSA) is 48.7 Å². The van der Waals surface area contributed by atoms with Crippen molar-refractivity contribution in [3.8, 4) is 0 Å². The first-order valence-corrected chi connectivity index (χ1v) is 13.0. The van der Waals surface area contributed by atoms with Gasteiger partial charge in [0.15, 0.2) is 5.76 Å². The standard InChI is InChI=1S/C26H30ClN3O2S/c1-2-29-13-15-30(16-14-29)24(18-8-3-5-10-20(18)27)23-19-9-4-6-12-22(19)33-26(23)28-25(31)21-11-7-17-32-21/h3,5,7-8,10-11,17,24H,2,4,6,9,12-16H2,1H3,(H,28,31). The Bertz CT molecular complexity index is 1100. The van der Waals surface area contributed by atoms with E-state index in [1.807, 2.05) is 12.1 Å². The summed E-state index contributed by atoms with van der Waals surface area (Å²) in [6.07, 6.45) is 6.04. The van der Waals surface area contributed by atoms with Gasteiger partial charge in [0.1, 0.15) is 5.00 Å². The predicted molar refractivity (Wildman–Crippen MR) is 135 cm³/mol. The number of amides is 1. The highest BCUT2D eigenvalue weighted by Gasteiger charge is 2.34. The summed E-state index contributed by atoms with van der Waals surface area (Å²) in [7, 11) is 0. The molecule has 0 spiro atoms. The van der Waals surface area contributed by atoms with E-state index in [0.717, 1.165) is 61.2 Å². The molecule has 33 heavy (non-hydrogen) atoms. The quantitative estimate of drug-likeness (QED) is 0.477. The lowest BCUT2D eigenvalue weighted by atomic mass is 9.88. The highest BCUT2D eigenvalue weighted by atomic mass is 35.5. The van der Waals surface area contributed by atoms with Gasteiger partial charge < -0.3 is 14.6 Å². The zero-order valence-corrected chi connectivity index (χ0v) is 20.6. The lowest BCUT2D eigenvalue weighted by molar-refractivity contribution is 0.0995. The highest BCUT2D eigenvalue weighted by molar-refractivity contribution is 7.16. The number of piperazine rings is 1. The zero-order chi connectivity index (χ0) is 22.8. The second-order valence-electron chi connectivity index (χ2n) is 8.78. The largest absolute Gasteiger partial charge is 0.459 e. The van der Waals surface area contributed by atoms with Gasteiger partial charge in [-0.25, -0.2) is 0 Å². The molecule has 1 fully saturated rings. The number of hydrogen-bond donors (Lipinski definition) is 1. The molecule has 7 heteroatoms. The van der Waals surface area contributed by atoms with Crippen LogP contribution in [-0.2, 0) is 12.8 Å². The Morgan fingerprint density at radius 1 is 1.12 bits per heavy atom. The molecule has 5 rings (SSSR count). The number of nitrogens with one attached hydrogen (secondary N) is 1. The summed E-state index contributed by atoms with van der Waals surface area (Å²) in [4.78, 5) is 19.4. The molecule has 5 nitrogen and oxygen atoms in total. The average Bonchev–Trinajstić information content (AvgIpc) is 3.50. The van der Waals surface area contributed by atoms with Crippen LogP contribution >= 0.6 is 22.9 Å². The van der Waals surface area contributed by atoms with Crippen molar-refractivity contribution in [1.29, 1.82) is 0 Å². The van der Waals surface area contributed by atoms with Gasteiger partial charge in [-0.2, -0.15) is 0 Å². The van der Waals surface area contributed by atoms with Crippen LogP contribution in [0.1, 0.15) is 57.9 Å². The first-order valence-electron chi connectivity index (χ1n) is 11.9. The fourth-order valence-corrected chi connectivity index (χ4v) is 6.67. The van der Waals surface area contributed by atoms with Crippen molar-refractivity contribution in [2.45, 2.75) is 38.6 Å². The fourth-order valence-electron chi connectivity index (χ4n) is 5.11. The van der Waals surface area contributed by atoms with Gasteiger partial charge in [-0.3, -0.25) is 9.69 Å².